The van der Waals surface area contributed by atoms with Crippen LogP contribution in [-0.4, -0.2) is 59.6 Å². The molecule has 7 nitrogen and oxygen atoms in total. The van der Waals surface area contributed by atoms with Crippen molar-refractivity contribution in [3.05, 3.63) is 27.7 Å². The van der Waals surface area contributed by atoms with Crippen LogP contribution in [0.25, 0.3) is 0 Å². The third kappa shape index (κ3) is 8.68. The topological polar surface area (TPSA) is 116 Å². The number of aromatic carboxylic acids is 1. The monoisotopic (exact) mass is 386 g/mol. The van der Waals surface area contributed by atoms with Gasteiger partial charge < -0.3 is 29.9 Å². The molecule has 1 aromatic carbocycles. The van der Waals surface area contributed by atoms with Gasteiger partial charge in [-0.3, -0.25) is 0 Å². The molecule has 0 spiro atoms. The number of benzene rings is 1. The summed E-state index contributed by atoms with van der Waals surface area (Å²) in [4.78, 5) is 10.7. The molecule has 4 N–H and O–H groups in total. The molecule has 1 aromatic rings. The number of rotatable bonds is 2. The van der Waals surface area contributed by atoms with Gasteiger partial charge in [-0.1, -0.05) is 37.0 Å². The van der Waals surface area contributed by atoms with E-state index >= 15 is 0 Å². The lowest BCUT2D eigenvalue weighted by Gasteiger charge is -2.07. The minimum Gasteiger partial charge on any atom is -0.494 e. The van der Waals surface area contributed by atoms with Crippen molar-refractivity contribution < 1.29 is 34.7 Å². The number of methoxy groups -OCH3 is 1. The number of carboxylic acids is 1. The van der Waals surface area contributed by atoms with Crippen LogP contribution in [0.3, 0.4) is 0 Å². The summed E-state index contributed by atoms with van der Waals surface area (Å²) in [6.45, 7) is 4.28. The van der Waals surface area contributed by atoms with Crippen molar-refractivity contribution in [2.24, 2.45) is 0 Å². The Labute approximate surface area is 151 Å². The SMILES string of the molecule is CC.CO.COc1c(Cl)ccc(Cl)c1C(=O)O.OC1COC(O)C1. The Kier molecular flexibility index (Phi) is 15.0. The summed E-state index contributed by atoms with van der Waals surface area (Å²) in [5, 5.41) is 33.2. The first kappa shape index (κ1) is 25.2. The van der Waals surface area contributed by atoms with Crippen molar-refractivity contribution in [1.82, 2.24) is 0 Å². The summed E-state index contributed by atoms with van der Waals surface area (Å²) in [6, 6.07) is 2.89. The van der Waals surface area contributed by atoms with Crippen LogP contribution < -0.4 is 4.74 Å². The van der Waals surface area contributed by atoms with Gasteiger partial charge in [-0.05, 0) is 12.1 Å². The molecule has 140 valence electrons. The Bertz CT molecular complexity index is 475. The van der Waals surface area contributed by atoms with Gasteiger partial charge >= 0.3 is 5.97 Å². The van der Waals surface area contributed by atoms with Gasteiger partial charge in [-0.2, -0.15) is 0 Å². The van der Waals surface area contributed by atoms with Crippen LogP contribution in [0.2, 0.25) is 10.0 Å². The molecule has 0 amide bonds. The molecule has 1 saturated heterocycles. The van der Waals surface area contributed by atoms with Gasteiger partial charge in [-0.25, -0.2) is 4.79 Å². The van der Waals surface area contributed by atoms with Crippen LogP contribution >= 0.6 is 23.2 Å². The number of aliphatic hydroxyl groups excluding tert-OH is 3. The van der Waals surface area contributed by atoms with Crippen molar-refractivity contribution in [3.63, 3.8) is 0 Å². The maximum Gasteiger partial charge on any atom is 0.341 e. The minimum absolute atomic E-state index is 0.0849. The fraction of sp³-hybridized carbons (Fsp3) is 0.533. The predicted molar refractivity (Wildman–Crippen MR) is 92.0 cm³/mol. The highest BCUT2D eigenvalue weighted by Crippen LogP contribution is 2.33. The number of hydrogen-bond donors (Lipinski definition) is 4. The zero-order valence-corrected chi connectivity index (χ0v) is 15.5. The molecule has 2 rings (SSSR count). The minimum atomic E-state index is -1.16. The van der Waals surface area contributed by atoms with Crippen LogP contribution in [0.15, 0.2) is 12.1 Å². The number of hydrogen-bond acceptors (Lipinski definition) is 6. The average molecular weight is 387 g/mol. The lowest BCUT2D eigenvalue weighted by atomic mass is 10.2. The maximum absolute atomic E-state index is 10.7. The van der Waals surface area contributed by atoms with E-state index in [9.17, 15) is 4.79 Å². The normalized spacial score (nSPS) is 18.0. The molecule has 1 aliphatic heterocycles. The van der Waals surface area contributed by atoms with Crippen molar-refractivity contribution in [3.8, 4) is 5.75 Å². The van der Waals surface area contributed by atoms with E-state index in [-0.39, 0.29) is 28.0 Å². The molecule has 0 aromatic heterocycles. The predicted octanol–water partition coefficient (Wildman–Crippen LogP) is 2.42. The van der Waals surface area contributed by atoms with E-state index in [0.717, 1.165) is 7.11 Å². The van der Waals surface area contributed by atoms with E-state index in [1.54, 1.807) is 0 Å². The molecule has 1 aliphatic rings. The molecule has 0 saturated carbocycles. The highest BCUT2D eigenvalue weighted by molar-refractivity contribution is 6.36. The van der Waals surface area contributed by atoms with Gasteiger partial charge in [0.2, 0.25) is 0 Å². The van der Waals surface area contributed by atoms with E-state index in [1.165, 1.54) is 19.2 Å². The van der Waals surface area contributed by atoms with E-state index in [4.69, 9.17) is 48.4 Å². The molecule has 1 heterocycles. The number of halogens is 2. The summed E-state index contributed by atoms with van der Waals surface area (Å²) in [6.07, 6.45) is -0.815. The van der Waals surface area contributed by atoms with Gasteiger partial charge in [0.15, 0.2) is 12.0 Å². The molecule has 0 radical (unpaired) electrons. The number of carbonyl (C=O) groups is 1. The molecule has 2 atom stereocenters. The van der Waals surface area contributed by atoms with Crippen LogP contribution in [0, 0.1) is 0 Å². The van der Waals surface area contributed by atoms with Crippen molar-refractivity contribution >= 4 is 29.2 Å². The van der Waals surface area contributed by atoms with Crippen molar-refractivity contribution in [2.45, 2.75) is 32.7 Å². The maximum atomic E-state index is 10.7. The molecule has 9 heteroatoms. The first-order valence-corrected chi connectivity index (χ1v) is 7.80. The zero-order chi connectivity index (χ0) is 19.3. The Hall–Kier alpha value is -1.09. The van der Waals surface area contributed by atoms with E-state index < -0.39 is 18.4 Å². The Morgan fingerprint density at radius 3 is 1.96 bits per heavy atom. The smallest absolute Gasteiger partial charge is 0.341 e. The van der Waals surface area contributed by atoms with Gasteiger partial charge in [0.25, 0.3) is 0 Å². The second-order valence-electron chi connectivity index (χ2n) is 3.92. The van der Waals surface area contributed by atoms with E-state index in [1.807, 2.05) is 13.8 Å². The molecular formula is C15H24Cl2O7. The van der Waals surface area contributed by atoms with Gasteiger partial charge in [-0.15, -0.1) is 0 Å². The zero-order valence-electron chi connectivity index (χ0n) is 14.0. The quantitative estimate of drug-likeness (QED) is 0.616. The van der Waals surface area contributed by atoms with Crippen LogP contribution in [0.5, 0.6) is 5.75 Å². The van der Waals surface area contributed by atoms with Crippen LogP contribution in [0.1, 0.15) is 30.6 Å². The fourth-order valence-electron chi connectivity index (χ4n) is 1.52. The molecule has 1 fully saturated rings. The summed E-state index contributed by atoms with van der Waals surface area (Å²) in [5.74, 6) is -1.08. The van der Waals surface area contributed by atoms with Gasteiger partial charge in [0.05, 0.1) is 29.9 Å². The molecule has 24 heavy (non-hydrogen) atoms. The van der Waals surface area contributed by atoms with Crippen molar-refractivity contribution in [2.75, 3.05) is 20.8 Å². The van der Waals surface area contributed by atoms with Crippen LogP contribution in [0.4, 0.5) is 0 Å². The number of aliphatic hydroxyl groups is 3. The fourth-order valence-corrected chi connectivity index (χ4v) is 1.99. The second-order valence-corrected chi connectivity index (χ2v) is 4.73. The third-order valence-electron chi connectivity index (χ3n) is 2.43. The molecule has 0 aliphatic carbocycles. The van der Waals surface area contributed by atoms with Crippen molar-refractivity contribution in [1.29, 1.82) is 0 Å². The second kappa shape index (κ2) is 14.3. The number of carboxylic acid groups (broad SMARTS) is 1. The van der Waals surface area contributed by atoms with Gasteiger partial charge in [0, 0.05) is 13.5 Å². The standard InChI is InChI=1S/C8H6Cl2O3.C4H8O3.C2H6.CH4O/c1-13-7-5(10)3-2-4(9)6(7)8(11)12;5-3-1-4(6)7-2-3;2*1-2/h2-3H,1H3,(H,11,12);3-6H,1-2H2;1-2H3;2H,1H3. The van der Waals surface area contributed by atoms with E-state index in [0.29, 0.717) is 6.42 Å². The molecule has 0 bridgehead atoms. The average Bonchev–Trinajstić information content (AvgIpc) is 2.96. The molecule has 2 unspecified atom stereocenters. The first-order chi connectivity index (χ1) is 11.4. The summed E-state index contributed by atoms with van der Waals surface area (Å²) >= 11 is 11.4. The Morgan fingerprint density at radius 2 is 1.71 bits per heavy atom. The van der Waals surface area contributed by atoms with Crippen LogP contribution in [-0.2, 0) is 4.74 Å². The van der Waals surface area contributed by atoms with Gasteiger partial charge in [0.1, 0.15) is 5.56 Å². The highest BCUT2D eigenvalue weighted by Gasteiger charge is 2.20. The Balaban J connectivity index is 0. The largest absolute Gasteiger partial charge is 0.494 e. The lowest BCUT2D eigenvalue weighted by Crippen LogP contribution is -2.04. The molecular weight excluding hydrogens is 363 g/mol. The lowest BCUT2D eigenvalue weighted by molar-refractivity contribution is -0.0595. The summed E-state index contributed by atoms with van der Waals surface area (Å²) < 4.78 is 9.39. The number of ether oxygens (including phenoxy) is 2. The first-order valence-electron chi connectivity index (χ1n) is 7.04. The van der Waals surface area contributed by atoms with E-state index in [2.05, 4.69) is 4.74 Å². The summed E-state index contributed by atoms with van der Waals surface area (Å²) in [7, 11) is 2.34. The third-order valence-corrected chi connectivity index (χ3v) is 3.04. The Morgan fingerprint density at radius 1 is 1.21 bits per heavy atom. The highest BCUT2D eigenvalue weighted by atomic mass is 35.5. The summed E-state index contributed by atoms with van der Waals surface area (Å²) in [5.41, 5.74) is -0.114.